The van der Waals surface area contributed by atoms with Gasteiger partial charge in [0.1, 0.15) is 0 Å². The molecule has 0 saturated carbocycles. The van der Waals surface area contributed by atoms with Crippen LogP contribution < -0.4 is 10.0 Å². The molecule has 7 nitrogen and oxygen atoms in total. The van der Waals surface area contributed by atoms with E-state index in [1.165, 1.54) is 11.3 Å². The van der Waals surface area contributed by atoms with Crippen LogP contribution in [0.1, 0.15) is 13.3 Å². The molecule has 2 aromatic rings. The molecular formula is C11H18N4O3S3. The molecule has 2 atom stereocenters. The van der Waals surface area contributed by atoms with E-state index in [1.807, 2.05) is 6.92 Å². The van der Waals surface area contributed by atoms with Crippen molar-refractivity contribution in [2.24, 2.45) is 0 Å². The summed E-state index contributed by atoms with van der Waals surface area (Å²) in [6, 6.07) is 0. The summed E-state index contributed by atoms with van der Waals surface area (Å²) in [4.78, 5) is 4.85. The van der Waals surface area contributed by atoms with Crippen LogP contribution in [0.5, 0.6) is 0 Å². The van der Waals surface area contributed by atoms with Crippen LogP contribution in [0.15, 0.2) is 16.6 Å². The molecule has 0 amide bonds. The standard InChI is InChI=1S/C11H18N4O3S3/c1-8(20(3)16)4-5-13-21(17,18)10-9(12-2)14-11-15(10)6-7-19-11/h6-8,12-13H,4-5H2,1-3H3. The Kier molecular flexibility index (Phi) is 5.02. The van der Waals surface area contributed by atoms with Gasteiger partial charge in [-0.25, -0.2) is 18.1 Å². The van der Waals surface area contributed by atoms with E-state index in [0.717, 1.165) is 0 Å². The Hall–Kier alpha value is -0.970. The smallest absolute Gasteiger partial charge is 0.260 e. The number of fused-ring (bicyclic) bond motifs is 1. The summed E-state index contributed by atoms with van der Waals surface area (Å²) in [7, 11) is -3.01. The highest BCUT2D eigenvalue weighted by Gasteiger charge is 2.25. The Labute approximate surface area is 130 Å². The van der Waals surface area contributed by atoms with Crippen LogP contribution in [0, 0.1) is 0 Å². The molecule has 0 aliphatic carbocycles. The predicted molar refractivity (Wildman–Crippen MR) is 85.9 cm³/mol. The van der Waals surface area contributed by atoms with Crippen LogP contribution in [0.2, 0.25) is 0 Å². The van der Waals surface area contributed by atoms with Gasteiger partial charge in [0.25, 0.3) is 10.0 Å². The maximum Gasteiger partial charge on any atom is 0.260 e. The number of rotatable bonds is 7. The van der Waals surface area contributed by atoms with E-state index in [9.17, 15) is 12.6 Å². The number of hydrogen-bond donors (Lipinski definition) is 2. The number of anilines is 1. The van der Waals surface area contributed by atoms with E-state index in [0.29, 0.717) is 17.2 Å². The predicted octanol–water partition coefficient (Wildman–Crippen LogP) is 0.873. The van der Waals surface area contributed by atoms with Gasteiger partial charge in [-0.3, -0.25) is 8.61 Å². The molecule has 2 aromatic heterocycles. The zero-order valence-electron chi connectivity index (χ0n) is 12.0. The van der Waals surface area contributed by atoms with Gasteiger partial charge in [-0.15, -0.1) is 11.3 Å². The zero-order chi connectivity index (χ0) is 15.6. The van der Waals surface area contributed by atoms with Crippen molar-refractivity contribution in [1.29, 1.82) is 0 Å². The molecule has 118 valence electrons. The fourth-order valence-corrected chi connectivity index (χ4v) is 4.37. The van der Waals surface area contributed by atoms with Crippen LogP contribution >= 0.6 is 11.3 Å². The Balaban J connectivity index is 2.21. The molecule has 0 bridgehead atoms. The van der Waals surface area contributed by atoms with Gasteiger partial charge in [0.05, 0.1) is 0 Å². The minimum atomic E-state index is -3.68. The second-order valence-electron chi connectivity index (χ2n) is 4.57. The van der Waals surface area contributed by atoms with Gasteiger partial charge in [-0.1, -0.05) is 6.92 Å². The van der Waals surface area contributed by atoms with Crippen LogP contribution in [0.4, 0.5) is 5.82 Å². The van der Waals surface area contributed by atoms with Crippen LogP contribution in [0.25, 0.3) is 4.96 Å². The van der Waals surface area contributed by atoms with E-state index >= 15 is 0 Å². The molecule has 21 heavy (non-hydrogen) atoms. The third kappa shape index (κ3) is 3.44. The minimum absolute atomic E-state index is 0.0527. The van der Waals surface area contributed by atoms with Crippen molar-refractivity contribution in [1.82, 2.24) is 14.1 Å². The number of sulfonamides is 1. The van der Waals surface area contributed by atoms with Crippen molar-refractivity contribution in [3.8, 4) is 0 Å². The summed E-state index contributed by atoms with van der Waals surface area (Å²) in [6.45, 7) is 2.07. The minimum Gasteiger partial charge on any atom is -0.371 e. The van der Waals surface area contributed by atoms with Gasteiger partial charge in [0, 0.05) is 47.5 Å². The first kappa shape index (κ1) is 16.4. The topological polar surface area (TPSA) is 92.6 Å². The number of nitrogens with zero attached hydrogens (tertiary/aromatic N) is 2. The maximum absolute atomic E-state index is 12.5. The lowest BCUT2D eigenvalue weighted by atomic mass is 10.3. The number of thiazole rings is 1. The Morgan fingerprint density at radius 1 is 1.52 bits per heavy atom. The van der Waals surface area contributed by atoms with Gasteiger partial charge < -0.3 is 5.32 Å². The maximum atomic E-state index is 12.5. The SMILES string of the molecule is CNc1nc2sccn2c1S(=O)(=O)NCCC(C)S(C)=O. The lowest BCUT2D eigenvalue weighted by Crippen LogP contribution is -2.29. The molecule has 0 fully saturated rings. The summed E-state index contributed by atoms with van der Waals surface area (Å²) in [6.07, 6.45) is 3.80. The molecule has 2 N–H and O–H groups in total. The average Bonchev–Trinajstić information content (AvgIpc) is 2.97. The van der Waals surface area contributed by atoms with Crippen molar-refractivity contribution in [2.75, 3.05) is 25.2 Å². The lowest BCUT2D eigenvalue weighted by Gasteiger charge is -2.10. The lowest BCUT2D eigenvalue weighted by molar-refractivity contribution is 0.573. The molecule has 0 saturated heterocycles. The first-order chi connectivity index (χ1) is 9.86. The van der Waals surface area contributed by atoms with Gasteiger partial charge in [-0.05, 0) is 6.42 Å². The summed E-state index contributed by atoms with van der Waals surface area (Å²) in [5, 5.41) is 4.63. The number of nitrogens with one attached hydrogen (secondary N) is 2. The number of hydrogen-bond acceptors (Lipinski definition) is 6. The van der Waals surface area contributed by atoms with Crippen molar-refractivity contribution in [2.45, 2.75) is 23.6 Å². The first-order valence-electron chi connectivity index (χ1n) is 6.32. The molecule has 10 heteroatoms. The van der Waals surface area contributed by atoms with E-state index in [2.05, 4.69) is 15.0 Å². The largest absolute Gasteiger partial charge is 0.371 e. The second-order valence-corrected chi connectivity index (χ2v) is 8.92. The first-order valence-corrected chi connectivity index (χ1v) is 10.3. The van der Waals surface area contributed by atoms with E-state index in [1.54, 1.807) is 29.3 Å². The molecule has 0 spiro atoms. The molecular weight excluding hydrogens is 332 g/mol. The summed E-state index contributed by atoms with van der Waals surface area (Å²) >= 11 is 1.37. The third-order valence-corrected chi connectivity index (χ3v) is 6.73. The zero-order valence-corrected chi connectivity index (χ0v) is 14.4. The number of aromatic nitrogens is 2. The molecule has 2 rings (SSSR count). The molecule has 0 radical (unpaired) electrons. The Morgan fingerprint density at radius 2 is 2.24 bits per heavy atom. The fourth-order valence-electron chi connectivity index (χ4n) is 1.82. The van der Waals surface area contributed by atoms with Crippen LogP contribution in [0.3, 0.4) is 0 Å². The van der Waals surface area contributed by atoms with E-state index in [-0.39, 0.29) is 16.8 Å². The number of imidazole rings is 1. The summed E-state index contributed by atoms with van der Waals surface area (Å²) in [5.74, 6) is 0.321. The Morgan fingerprint density at radius 3 is 2.86 bits per heavy atom. The van der Waals surface area contributed by atoms with E-state index < -0.39 is 20.8 Å². The third-order valence-electron chi connectivity index (χ3n) is 3.12. The quantitative estimate of drug-likeness (QED) is 0.773. The fraction of sp³-hybridized carbons (Fsp3) is 0.545. The molecule has 0 aromatic carbocycles. The molecule has 0 aliphatic heterocycles. The Bertz CT molecular complexity index is 750. The average molecular weight is 350 g/mol. The van der Waals surface area contributed by atoms with Gasteiger partial charge in [0.2, 0.25) is 0 Å². The highest BCUT2D eigenvalue weighted by Crippen LogP contribution is 2.25. The van der Waals surface area contributed by atoms with Crippen molar-refractivity contribution < 1.29 is 12.6 Å². The van der Waals surface area contributed by atoms with Gasteiger partial charge in [0.15, 0.2) is 15.8 Å². The molecule has 2 unspecified atom stereocenters. The van der Waals surface area contributed by atoms with Gasteiger partial charge in [-0.2, -0.15) is 0 Å². The second kappa shape index (κ2) is 6.42. The molecule has 2 heterocycles. The van der Waals surface area contributed by atoms with Crippen molar-refractivity contribution in [3.05, 3.63) is 11.6 Å². The van der Waals surface area contributed by atoms with Crippen LogP contribution in [-0.4, -0.2) is 47.1 Å². The van der Waals surface area contributed by atoms with Gasteiger partial charge >= 0.3 is 0 Å². The monoisotopic (exact) mass is 350 g/mol. The molecule has 0 aliphatic rings. The van der Waals surface area contributed by atoms with Crippen LogP contribution in [-0.2, 0) is 20.8 Å². The highest BCUT2D eigenvalue weighted by atomic mass is 32.2. The van der Waals surface area contributed by atoms with Crippen molar-refractivity contribution >= 4 is 42.9 Å². The van der Waals surface area contributed by atoms with Crippen molar-refractivity contribution in [3.63, 3.8) is 0 Å². The highest BCUT2D eigenvalue weighted by molar-refractivity contribution is 7.89. The summed E-state index contributed by atoms with van der Waals surface area (Å²) < 4.78 is 40.3. The van der Waals surface area contributed by atoms with E-state index in [4.69, 9.17) is 0 Å². The normalized spacial score (nSPS) is 15.2. The summed E-state index contributed by atoms with van der Waals surface area (Å²) in [5.41, 5.74) is 0.